The Hall–Kier alpha value is -3.00. The third kappa shape index (κ3) is 4.22. The molecule has 3 aromatic rings. The van der Waals surface area contributed by atoms with Crippen LogP contribution in [0.25, 0.3) is 10.9 Å². The fourth-order valence-electron chi connectivity index (χ4n) is 3.66. The summed E-state index contributed by atoms with van der Waals surface area (Å²) < 4.78 is 4.90. The van der Waals surface area contributed by atoms with E-state index in [-0.39, 0.29) is 23.7 Å². The molecule has 1 fully saturated rings. The van der Waals surface area contributed by atoms with Crippen LogP contribution in [0.4, 0.5) is 4.79 Å². The zero-order valence-corrected chi connectivity index (χ0v) is 16.8. The Morgan fingerprint density at radius 2 is 2.28 bits per heavy atom. The maximum atomic E-state index is 12.6. The number of nitrogens with zero attached hydrogens (tertiary/aromatic N) is 3. The van der Waals surface area contributed by atoms with Gasteiger partial charge in [0.25, 0.3) is 5.91 Å². The van der Waals surface area contributed by atoms with Gasteiger partial charge in [-0.3, -0.25) is 4.79 Å². The maximum Gasteiger partial charge on any atom is 0.317 e. The van der Waals surface area contributed by atoms with E-state index < -0.39 is 0 Å². The Balaban J connectivity index is 1.34. The van der Waals surface area contributed by atoms with Gasteiger partial charge in [-0.15, -0.1) is 0 Å². The molecule has 3 amide bonds. The number of aromatic nitrogens is 2. The lowest BCUT2D eigenvalue weighted by atomic mass is 10.0. The van der Waals surface area contributed by atoms with E-state index in [1.165, 1.54) is 12.7 Å². The lowest BCUT2D eigenvalue weighted by Crippen LogP contribution is -2.52. The van der Waals surface area contributed by atoms with Crippen LogP contribution < -0.4 is 5.32 Å². The summed E-state index contributed by atoms with van der Waals surface area (Å²) in [6.07, 6.45) is 4.26. The van der Waals surface area contributed by atoms with Crippen molar-refractivity contribution in [2.75, 3.05) is 20.1 Å². The van der Waals surface area contributed by atoms with Crippen LogP contribution in [0, 0.1) is 0 Å². The van der Waals surface area contributed by atoms with E-state index in [0.717, 1.165) is 29.4 Å². The number of likely N-dealkylation sites (N-methyl/N-ethyl adjacent to an activating group) is 1. The Bertz CT molecular complexity index is 1020. The number of amides is 3. The summed E-state index contributed by atoms with van der Waals surface area (Å²) in [7, 11) is 1.76. The molecule has 9 heteroatoms. The number of nitrogens with one attached hydrogen (secondary N) is 2. The van der Waals surface area contributed by atoms with Crippen LogP contribution in [-0.4, -0.2) is 57.9 Å². The van der Waals surface area contributed by atoms with E-state index in [2.05, 4.69) is 15.3 Å². The summed E-state index contributed by atoms with van der Waals surface area (Å²) in [5.41, 5.74) is 2.16. The fraction of sp³-hybridized carbons (Fsp3) is 0.350. The van der Waals surface area contributed by atoms with Gasteiger partial charge in [-0.2, -0.15) is 0 Å². The average Bonchev–Trinajstić information content (AvgIpc) is 3.40. The molecule has 0 aliphatic carbocycles. The topological polar surface area (TPSA) is 94.5 Å². The molecule has 1 aliphatic heterocycles. The van der Waals surface area contributed by atoms with Crippen LogP contribution in [0.5, 0.6) is 0 Å². The summed E-state index contributed by atoms with van der Waals surface area (Å²) in [5.74, 6) is -0.172. The van der Waals surface area contributed by atoms with E-state index in [4.69, 9.17) is 16.0 Å². The van der Waals surface area contributed by atoms with Gasteiger partial charge in [0.2, 0.25) is 0 Å². The van der Waals surface area contributed by atoms with Crippen molar-refractivity contribution in [1.29, 1.82) is 0 Å². The van der Waals surface area contributed by atoms with Crippen LogP contribution in [0.1, 0.15) is 29.0 Å². The van der Waals surface area contributed by atoms with Gasteiger partial charge in [0.15, 0.2) is 12.1 Å². The SMILES string of the molecule is CN(C(=O)NCc1cc2cc(Cl)ccc2[nH]1)C1CCCN(C(=O)c2cocn2)C1. The molecule has 1 unspecified atom stereocenters. The number of hydrogen-bond acceptors (Lipinski definition) is 4. The van der Waals surface area contributed by atoms with Gasteiger partial charge in [-0.1, -0.05) is 11.6 Å². The van der Waals surface area contributed by atoms with Gasteiger partial charge >= 0.3 is 6.03 Å². The highest BCUT2D eigenvalue weighted by molar-refractivity contribution is 6.31. The van der Waals surface area contributed by atoms with Crippen LogP contribution in [-0.2, 0) is 6.54 Å². The number of carbonyl (C=O) groups is 2. The first-order chi connectivity index (χ1) is 14.0. The normalized spacial score (nSPS) is 16.8. The van der Waals surface area contributed by atoms with Crippen LogP contribution in [0.3, 0.4) is 0 Å². The first-order valence-electron chi connectivity index (χ1n) is 9.46. The quantitative estimate of drug-likeness (QED) is 0.683. The van der Waals surface area contributed by atoms with Gasteiger partial charge in [-0.05, 0) is 37.1 Å². The molecule has 4 rings (SSSR count). The van der Waals surface area contributed by atoms with Crippen LogP contribution >= 0.6 is 11.6 Å². The number of urea groups is 1. The van der Waals surface area contributed by atoms with Crippen molar-refractivity contribution in [3.8, 4) is 0 Å². The number of aromatic amines is 1. The highest BCUT2D eigenvalue weighted by atomic mass is 35.5. The molecular weight excluding hydrogens is 394 g/mol. The molecule has 152 valence electrons. The molecule has 0 saturated carbocycles. The van der Waals surface area contributed by atoms with Gasteiger partial charge in [-0.25, -0.2) is 9.78 Å². The lowest BCUT2D eigenvalue weighted by Gasteiger charge is -2.37. The number of hydrogen-bond donors (Lipinski definition) is 2. The predicted octanol–water partition coefficient (Wildman–Crippen LogP) is 3.26. The van der Waals surface area contributed by atoms with Crippen molar-refractivity contribution in [3.05, 3.63) is 53.3 Å². The number of benzene rings is 1. The molecule has 1 aromatic carbocycles. The molecule has 1 saturated heterocycles. The molecule has 1 atom stereocenters. The molecular formula is C20H22ClN5O3. The number of rotatable bonds is 4. The van der Waals surface area contributed by atoms with Crippen LogP contribution in [0.15, 0.2) is 41.3 Å². The average molecular weight is 416 g/mol. The van der Waals surface area contributed by atoms with Crippen molar-refractivity contribution in [2.45, 2.75) is 25.4 Å². The largest absolute Gasteiger partial charge is 0.451 e. The Morgan fingerprint density at radius 3 is 3.07 bits per heavy atom. The van der Waals surface area contributed by atoms with Crippen molar-refractivity contribution in [2.24, 2.45) is 0 Å². The predicted molar refractivity (Wildman–Crippen MR) is 109 cm³/mol. The monoisotopic (exact) mass is 415 g/mol. The number of H-pyrrole nitrogens is 1. The highest BCUT2D eigenvalue weighted by Gasteiger charge is 2.29. The molecule has 29 heavy (non-hydrogen) atoms. The van der Waals surface area contributed by atoms with E-state index in [0.29, 0.717) is 24.7 Å². The fourth-order valence-corrected chi connectivity index (χ4v) is 3.84. The third-order valence-corrected chi connectivity index (χ3v) is 5.51. The van der Waals surface area contributed by atoms with Crippen LogP contribution in [0.2, 0.25) is 5.02 Å². The summed E-state index contributed by atoms with van der Waals surface area (Å²) >= 11 is 6.02. The smallest absolute Gasteiger partial charge is 0.317 e. The Morgan fingerprint density at radius 1 is 1.41 bits per heavy atom. The molecule has 2 N–H and O–H groups in total. The third-order valence-electron chi connectivity index (χ3n) is 5.27. The van der Waals surface area contributed by atoms with Crippen molar-refractivity contribution in [3.63, 3.8) is 0 Å². The Kier molecular flexibility index (Phi) is 5.44. The zero-order valence-electron chi connectivity index (χ0n) is 16.0. The summed E-state index contributed by atoms with van der Waals surface area (Å²) in [4.78, 5) is 35.7. The van der Waals surface area contributed by atoms with E-state index in [1.807, 2.05) is 24.3 Å². The minimum atomic E-state index is -0.178. The number of fused-ring (bicyclic) bond motifs is 1. The summed E-state index contributed by atoms with van der Waals surface area (Å²) in [5, 5.41) is 4.61. The van der Waals surface area contributed by atoms with E-state index in [1.54, 1.807) is 16.8 Å². The molecule has 0 spiro atoms. The number of oxazole rings is 1. The van der Waals surface area contributed by atoms with Crippen molar-refractivity contribution < 1.29 is 14.0 Å². The van der Waals surface area contributed by atoms with E-state index >= 15 is 0 Å². The minimum Gasteiger partial charge on any atom is -0.451 e. The maximum absolute atomic E-state index is 12.6. The first kappa shape index (κ1) is 19.3. The molecule has 1 aliphatic rings. The molecule has 0 radical (unpaired) electrons. The number of carbonyl (C=O) groups excluding carboxylic acids is 2. The second-order valence-corrected chi connectivity index (χ2v) is 7.65. The highest BCUT2D eigenvalue weighted by Crippen LogP contribution is 2.20. The number of halogens is 1. The summed E-state index contributed by atoms with van der Waals surface area (Å²) in [6.45, 7) is 1.50. The Labute approximate surface area is 172 Å². The van der Waals surface area contributed by atoms with E-state index in [9.17, 15) is 9.59 Å². The second-order valence-electron chi connectivity index (χ2n) is 7.22. The standard InChI is InChI=1S/C20H22ClN5O3/c1-25(16-3-2-6-26(10-16)19(27)18-11-29-12-23-18)20(28)22-9-15-8-13-7-14(21)4-5-17(13)24-15/h4-5,7-8,11-12,16,24H,2-3,6,9-10H2,1H3,(H,22,28). The molecule has 3 heterocycles. The lowest BCUT2D eigenvalue weighted by molar-refractivity contribution is 0.0630. The minimum absolute atomic E-state index is 0.0545. The van der Waals surface area contributed by atoms with Gasteiger partial charge in [0.05, 0.1) is 12.6 Å². The second kappa shape index (κ2) is 8.16. The molecule has 0 bridgehead atoms. The van der Waals surface area contributed by atoms with Gasteiger partial charge in [0.1, 0.15) is 6.26 Å². The van der Waals surface area contributed by atoms with Crippen molar-refractivity contribution in [1.82, 2.24) is 25.1 Å². The zero-order chi connectivity index (χ0) is 20.4. The molecule has 2 aromatic heterocycles. The van der Waals surface area contributed by atoms with Crippen molar-refractivity contribution >= 4 is 34.4 Å². The van der Waals surface area contributed by atoms with Gasteiger partial charge < -0.3 is 24.5 Å². The first-order valence-corrected chi connectivity index (χ1v) is 9.84. The van der Waals surface area contributed by atoms with Gasteiger partial charge in [0, 0.05) is 41.8 Å². The summed E-state index contributed by atoms with van der Waals surface area (Å²) in [6, 6.07) is 7.36. The number of likely N-dealkylation sites (tertiary alicyclic amines) is 1. The number of piperidine rings is 1. The molecule has 8 nitrogen and oxygen atoms in total.